The summed E-state index contributed by atoms with van der Waals surface area (Å²) in [7, 11) is 0. The van der Waals surface area contributed by atoms with Gasteiger partial charge in [-0.15, -0.1) is 0 Å². The second kappa shape index (κ2) is 14.1. The van der Waals surface area contributed by atoms with E-state index in [4.69, 9.17) is 0 Å². The monoisotopic (exact) mass is 697 g/mol. The van der Waals surface area contributed by atoms with Crippen molar-refractivity contribution >= 4 is 5.91 Å². The van der Waals surface area contributed by atoms with Gasteiger partial charge in [-0.1, -0.05) is 55.7 Å². The smallest absolute Gasteiger partial charge is 0.428 e. The number of hydrogen-bond acceptors (Lipinski definition) is 2. The zero-order valence-corrected chi connectivity index (χ0v) is 25.6. The van der Waals surface area contributed by atoms with Crippen LogP contribution >= 0.6 is 0 Å². The van der Waals surface area contributed by atoms with Gasteiger partial charge in [0.2, 0.25) is 0 Å². The standard InChI is InChI=1S/C36H29F10NO2/c37-26-16-25(17-27(19-26)49-36(45,46)33(40)41)34(20-21-7-3-1-4-8-21,24-12-14-30(38)28(18-24)22-9-5-2-6-10-22)47-32(48)23-11-13-31(39)29(15-23)35(42,43)44/h1,3-4,7-8,11-19,22,33H,2,5-6,9-10,20H2,(H,47,48). The number of alkyl halides is 7. The van der Waals surface area contributed by atoms with Crippen LogP contribution in [0.15, 0.2) is 84.9 Å². The zero-order chi connectivity index (χ0) is 35.6. The molecule has 4 aromatic carbocycles. The fourth-order valence-corrected chi connectivity index (χ4v) is 6.22. The van der Waals surface area contributed by atoms with E-state index in [0.717, 1.165) is 43.5 Å². The Morgan fingerprint density at radius 1 is 0.776 bits per heavy atom. The van der Waals surface area contributed by atoms with Crippen LogP contribution in [0.3, 0.4) is 0 Å². The Morgan fingerprint density at radius 2 is 1.45 bits per heavy atom. The zero-order valence-electron chi connectivity index (χ0n) is 25.6. The van der Waals surface area contributed by atoms with Crippen molar-refractivity contribution in [2.24, 2.45) is 0 Å². The molecule has 0 saturated heterocycles. The molecule has 0 spiro atoms. The highest BCUT2D eigenvalue weighted by Gasteiger charge is 2.45. The van der Waals surface area contributed by atoms with Crippen LogP contribution in [0.5, 0.6) is 5.75 Å². The predicted molar refractivity (Wildman–Crippen MR) is 160 cm³/mol. The highest BCUT2D eigenvalue weighted by molar-refractivity contribution is 5.95. The lowest BCUT2D eigenvalue weighted by molar-refractivity contribution is -0.253. The van der Waals surface area contributed by atoms with Crippen molar-refractivity contribution in [1.29, 1.82) is 0 Å². The first kappa shape index (κ1) is 35.7. The highest BCUT2D eigenvalue weighted by atomic mass is 19.4. The number of rotatable bonds is 10. The van der Waals surface area contributed by atoms with Gasteiger partial charge in [0.15, 0.2) is 0 Å². The lowest BCUT2D eigenvalue weighted by Crippen LogP contribution is -2.49. The number of ether oxygens (including phenoxy) is 1. The Bertz CT molecular complexity index is 1790. The maximum absolute atomic E-state index is 15.4. The molecule has 0 bridgehead atoms. The molecular weight excluding hydrogens is 668 g/mol. The predicted octanol–water partition coefficient (Wildman–Crippen LogP) is 10.3. The van der Waals surface area contributed by atoms with Gasteiger partial charge in [0, 0.05) is 18.1 Å². The fraction of sp³-hybridized carbons (Fsp3) is 0.306. The van der Waals surface area contributed by atoms with Gasteiger partial charge >= 0.3 is 18.7 Å². The summed E-state index contributed by atoms with van der Waals surface area (Å²) >= 11 is 0. The lowest BCUT2D eigenvalue weighted by atomic mass is 9.75. The molecule has 1 fully saturated rings. The van der Waals surface area contributed by atoms with Gasteiger partial charge in [-0.2, -0.15) is 30.7 Å². The Hall–Kier alpha value is -4.55. The molecule has 1 atom stereocenters. The normalized spacial score (nSPS) is 15.6. The quantitative estimate of drug-likeness (QED) is 0.168. The summed E-state index contributed by atoms with van der Waals surface area (Å²) in [4.78, 5) is 13.9. The first-order chi connectivity index (χ1) is 23.1. The van der Waals surface area contributed by atoms with Gasteiger partial charge in [-0.3, -0.25) is 4.79 Å². The van der Waals surface area contributed by atoms with E-state index in [1.54, 1.807) is 30.3 Å². The van der Waals surface area contributed by atoms with Gasteiger partial charge in [0.25, 0.3) is 5.91 Å². The minimum Gasteiger partial charge on any atom is -0.428 e. The molecule has 0 heterocycles. The highest BCUT2D eigenvalue weighted by Crippen LogP contribution is 2.41. The third kappa shape index (κ3) is 8.02. The molecule has 0 aromatic heterocycles. The van der Waals surface area contributed by atoms with Crippen LogP contribution in [0.1, 0.15) is 76.2 Å². The van der Waals surface area contributed by atoms with Crippen molar-refractivity contribution in [3.63, 3.8) is 0 Å². The molecule has 1 saturated carbocycles. The van der Waals surface area contributed by atoms with Crippen molar-refractivity contribution < 1.29 is 53.4 Å². The molecule has 1 aliphatic carbocycles. The number of amides is 1. The van der Waals surface area contributed by atoms with Crippen molar-refractivity contribution in [1.82, 2.24) is 5.32 Å². The van der Waals surface area contributed by atoms with E-state index < -0.39 is 64.5 Å². The lowest BCUT2D eigenvalue weighted by Gasteiger charge is -2.38. The summed E-state index contributed by atoms with van der Waals surface area (Å²) < 4.78 is 144. The van der Waals surface area contributed by atoms with Gasteiger partial charge in [-0.05, 0) is 83.5 Å². The van der Waals surface area contributed by atoms with E-state index in [0.29, 0.717) is 30.5 Å². The first-order valence-electron chi connectivity index (χ1n) is 15.3. The van der Waals surface area contributed by atoms with Crippen LogP contribution in [-0.4, -0.2) is 18.4 Å². The van der Waals surface area contributed by atoms with Crippen molar-refractivity contribution in [3.05, 3.63) is 136 Å². The third-order valence-electron chi connectivity index (χ3n) is 8.58. The van der Waals surface area contributed by atoms with Crippen LogP contribution in [-0.2, 0) is 18.1 Å². The number of carbonyl (C=O) groups excluding carboxylic acids is 1. The fourth-order valence-electron chi connectivity index (χ4n) is 6.22. The van der Waals surface area contributed by atoms with Gasteiger partial charge in [0.1, 0.15) is 23.2 Å². The Balaban J connectivity index is 1.76. The average molecular weight is 698 g/mol. The van der Waals surface area contributed by atoms with E-state index in [9.17, 15) is 39.9 Å². The molecule has 5 rings (SSSR count). The van der Waals surface area contributed by atoms with Crippen LogP contribution in [0.25, 0.3) is 0 Å². The summed E-state index contributed by atoms with van der Waals surface area (Å²) in [6, 6.07) is 15.3. The summed E-state index contributed by atoms with van der Waals surface area (Å²) in [5.41, 5.74) is -4.09. The number of hydrogen-bond donors (Lipinski definition) is 1. The molecule has 1 N–H and O–H groups in total. The largest absolute Gasteiger partial charge is 0.461 e. The number of nitrogens with one attached hydrogen (secondary N) is 1. The van der Waals surface area contributed by atoms with Crippen molar-refractivity contribution in [3.8, 4) is 5.75 Å². The summed E-state index contributed by atoms with van der Waals surface area (Å²) in [6.07, 6.45) is -11.1. The van der Waals surface area contributed by atoms with Crippen LogP contribution in [0, 0.1) is 17.5 Å². The van der Waals surface area contributed by atoms with E-state index >= 15 is 8.78 Å². The maximum atomic E-state index is 15.4. The van der Waals surface area contributed by atoms with Crippen LogP contribution in [0.2, 0.25) is 0 Å². The SMILES string of the molecule is O=C(NC(Cc1ccccc1)(c1cc(F)cc(OC(F)(F)C(F)F)c1)c1ccc(F)c(C2CCCCC2)c1)c1ccc(F)c(C(F)(F)F)c1. The molecule has 13 heteroatoms. The molecular formula is C36H29F10NO2. The van der Waals surface area contributed by atoms with E-state index in [2.05, 4.69) is 10.1 Å². The Morgan fingerprint density at radius 3 is 2.10 bits per heavy atom. The molecule has 4 aromatic rings. The van der Waals surface area contributed by atoms with Crippen LogP contribution in [0.4, 0.5) is 43.9 Å². The van der Waals surface area contributed by atoms with Crippen LogP contribution < -0.4 is 10.1 Å². The average Bonchev–Trinajstić information content (AvgIpc) is 3.04. The maximum Gasteiger partial charge on any atom is 0.461 e. The molecule has 0 aliphatic heterocycles. The molecule has 1 aliphatic rings. The topological polar surface area (TPSA) is 38.3 Å². The van der Waals surface area contributed by atoms with E-state index in [1.165, 1.54) is 12.1 Å². The molecule has 3 nitrogen and oxygen atoms in total. The molecule has 260 valence electrons. The Kier molecular flexibility index (Phi) is 10.3. The minimum atomic E-state index is -5.18. The number of carbonyl (C=O) groups is 1. The van der Waals surface area contributed by atoms with Crippen molar-refractivity contribution in [2.45, 2.75) is 68.7 Å². The van der Waals surface area contributed by atoms with E-state index in [-0.39, 0.29) is 35.1 Å². The molecule has 1 amide bonds. The first-order valence-corrected chi connectivity index (χ1v) is 15.3. The summed E-state index contributed by atoms with van der Waals surface area (Å²) in [6.45, 7) is 0. The minimum absolute atomic E-state index is 0.0713. The van der Waals surface area contributed by atoms with Gasteiger partial charge in [0.05, 0.1) is 11.1 Å². The van der Waals surface area contributed by atoms with Gasteiger partial charge in [-0.25, -0.2) is 13.2 Å². The van der Waals surface area contributed by atoms with Gasteiger partial charge < -0.3 is 10.1 Å². The molecule has 1 unspecified atom stereocenters. The summed E-state index contributed by atoms with van der Waals surface area (Å²) in [5.74, 6) is -6.04. The second-order valence-corrected chi connectivity index (χ2v) is 11.9. The van der Waals surface area contributed by atoms with Crippen molar-refractivity contribution in [2.75, 3.05) is 0 Å². The number of halogens is 10. The van der Waals surface area contributed by atoms with E-state index in [1.807, 2.05) is 0 Å². The number of benzene rings is 4. The third-order valence-corrected chi connectivity index (χ3v) is 8.58. The molecule has 0 radical (unpaired) electrons. The summed E-state index contributed by atoms with van der Waals surface area (Å²) in [5, 5.41) is 2.61. The Labute approximate surface area is 274 Å². The second-order valence-electron chi connectivity index (χ2n) is 11.9. The molecule has 49 heavy (non-hydrogen) atoms.